The van der Waals surface area contributed by atoms with Crippen molar-refractivity contribution in [1.82, 2.24) is 0 Å². The number of rotatable bonds is 3. The molecule has 10 unspecified atom stereocenters. The van der Waals surface area contributed by atoms with Crippen LogP contribution in [-0.4, -0.2) is 33.5 Å². The van der Waals surface area contributed by atoms with Gasteiger partial charge < -0.3 is 15.3 Å². The Morgan fingerprint density at radius 2 is 1.67 bits per heavy atom. The van der Waals surface area contributed by atoms with E-state index < -0.39 is 5.97 Å². The van der Waals surface area contributed by atoms with Crippen LogP contribution in [-0.2, 0) is 4.79 Å². The standard InChI is InChI=1S/C23H38O4/c1-13(10-20(26)27)16-4-5-17-21-18(7-9-23(16,17)3)22(2)8-6-15(24)11-14(22)12-19(21)25/h13-19,21,24-25H,4-12H2,1-3H3,(H,26,27). The molecule has 0 saturated heterocycles. The van der Waals surface area contributed by atoms with Crippen molar-refractivity contribution in [3.8, 4) is 0 Å². The van der Waals surface area contributed by atoms with Crippen LogP contribution < -0.4 is 0 Å². The molecule has 4 aliphatic carbocycles. The molecule has 0 aromatic heterocycles. The van der Waals surface area contributed by atoms with Crippen LogP contribution in [0.1, 0.15) is 78.6 Å². The van der Waals surface area contributed by atoms with E-state index in [4.69, 9.17) is 0 Å². The summed E-state index contributed by atoms with van der Waals surface area (Å²) in [5.74, 6) is 1.89. The average molecular weight is 379 g/mol. The molecule has 4 fully saturated rings. The van der Waals surface area contributed by atoms with Crippen LogP contribution in [0.15, 0.2) is 0 Å². The van der Waals surface area contributed by atoms with Gasteiger partial charge in [0, 0.05) is 6.42 Å². The van der Waals surface area contributed by atoms with Gasteiger partial charge in [-0.25, -0.2) is 0 Å². The summed E-state index contributed by atoms with van der Waals surface area (Å²) < 4.78 is 0. The Bertz CT molecular complexity index is 591. The molecule has 0 aromatic rings. The molecule has 4 nitrogen and oxygen atoms in total. The topological polar surface area (TPSA) is 77.8 Å². The van der Waals surface area contributed by atoms with Gasteiger partial charge in [-0.05, 0) is 97.7 Å². The smallest absolute Gasteiger partial charge is 0.303 e. The highest BCUT2D eigenvalue weighted by Crippen LogP contribution is 2.68. The van der Waals surface area contributed by atoms with Crippen LogP contribution in [0.4, 0.5) is 0 Å². The third-order valence-electron chi connectivity index (χ3n) is 9.91. The van der Waals surface area contributed by atoms with Gasteiger partial charge in [0.05, 0.1) is 12.2 Å². The van der Waals surface area contributed by atoms with Gasteiger partial charge >= 0.3 is 5.97 Å². The molecular weight excluding hydrogens is 340 g/mol. The van der Waals surface area contributed by atoms with E-state index in [0.717, 1.165) is 44.9 Å². The highest BCUT2D eigenvalue weighted by molar-refractivity contribution is 5.67. The van der Waals surface area contributed by atoms with Crippen molar-refractivity contribution < 1.29 is 20.1 Å². The first-order valence-corrected chi connectivity index (χ1v) is 11.2. The maximum atomic E-state index is 11.3. The summed E-state index contributed by atoms with van der Waals surface area (Å²) in [5.41, 5.74) is 0.434. The van der Waals surface area contributed by atoms with Crippen LogP contribution in [0.2, 0.25) is 0 Å². The summed E-state index contributed by atoms with van der Waals surface area (Å²) in [6.07, 6.45) is 8.12. The summed E-state index contributed by atoms with van der Waals surface area (Å²) in [7, 11) is 0. The lowest BCUT2D eigenvalue weighted by molar-refractivity contribution is -0.174. The number of aliphatic carboxylic acids is 1. The van der Waals surface area contributed by atoms with Crippen LogP contribution in [0.25, 0.3) is 0 Å². The van der Waals surface area contributed by atoms with E-state index in [9.17, 15) is 20.1 Å². The lowest BCUT2D eigenvalue weighted by atomic mass is 9.43. The van der Waals surface area contributed by atoms with E-state index in [0.29, 0.717) is 29.6 Å². The second-order valence-corrected chi connectivity index (χ2v) is 11.0. The lowest BCUT2D eigenvalue weighted by Crippen LogP contribution is -2.58. The summed E-state index contributed by atoms with van der Waals surface area (Å²) in [6.45, 7) is 6.96. The Balaban J connectivity index is 1.60. The first-order chi connectivity index (χ1) is 12.7. The fourth-order valence-corrected chi connectivity index (χ4v) is 8.59. The van der Waals surface area contributed by atoms with Crippen molar-refractivity contribution in [2.75, 3.05) is 0 Å². The Kier molecular flexibility index (Phi) is 4.91. The van der Waals surface area contributed by atoms with Crippen molar-refractivity contribution in [2.24, 2.45) is 46.3 Å². The molecule has 27 heavy (non-hydrogen) atoms. The molecule has 0 aliphatic heterocycles. The number of hydrogen-bond acceptors (Lipinski definition) is 3. The minimum atomic E-state index is -0.683. The van der Waals surface area contributed by atoms with Gasteiger partial charge in [-0.3, -0.25) is 4.79 Å². The maximum absolute atomic E-state index is 11.3. The first kappa shape index (κ1) is 19.7. The number of aliphatic hydroxyl groups excluding tert-OH is 2. The highest BCUT2D eigenvalue weighted by atomic mass is 16.4. The van der Waals surface area contributed by atoms with Crippen LogP contribution in [0, 0.1) is 46.3 Å². The Morgan fingerprint density at radius 1 is 1.00 bits per heavy atom. The summed E-state index contributed by atoms with van der Waals surface area (Å²) >= 11 is 0. The van der Waals surface area contributed by atoms with Gasteiger partial charge in [0.25, 0.3) is 0 Å². The van der Waals surface area contributed by atoms with E-state index in [1.165, 1.54) is 6.42 Å². The van der Waals surface area contributed by atoms with Gasteiger partial charge in [-0.1, -0.05) is 20.8 Å². The van der Waals surface area contributed by atoms with Gasteiger partial charge in [-0.2, -0.15) is 0 Å². The highest BCUT2D eigenvalue weighted by Gasteiger charge is 2.62. The summed E-state index contributed by atoms with van der Waals surface area (Å²) in [4.78, 5) is 11.3. The average Bonchev–Trinajstić information content (AvgIpc) is 2.93. The molecule has 0 spiro atoms. The van der Waals surface area contributed by atoms with Crippen molar-refractivity contribution in [3.63, 3.8) is 0 Å². The van der Waals surface area contributed by atoms with Crippen molar-refractivity contribution in [2.45, 2.75) is 90.8 Å². The minimum absolute atomic E-state index is 0.175. The first-order valence-electron chi connectivity index (χ1n) is 11.2. The van der Waals surface area contributed by atoms with E-state index in [2.05, 4.69) is 20.8 Å². The zero-order valence-electron chi connectivity index (χ0n) is 17.2. The Hall–Kier alpha value is -0.610. The lowest BCUT2D eigenvalue weighted by Gasteiger charge is -2.62. The van der Waals surface area contributed by atoms with E-state index in [-0.39, 0.29) is 35.4 Å². The molecule has 4 aliphatic rings. The molecule has 4 rings (SSSR count). The molecule has 154 valence electrons. The number of fused-ring (bicyclic) bond motifs is 5. The second kappa shape index (κ2) is 6.73. The van der Waals surface area contributed by atoms with Gasteiger partial charge in [0.1, 0.15) is 0 Å². The zero-order chi connectivity index (χ0) is 19.6. The fourth-order valence-electron chi connectivity index (χ4n) is 8.59. The quantitative estimate of drug-likeness (QED) is 0.691. The van der Waals surface area contributed by atoms with Crippen LogP contribution >= 0.6 is 0 Å². The van der Waals surface area contributed by atoms with Crippen molar-refractivity contribution in [1.29, 1.82) is 0 Å². The van der Waals surface area contributed by atoms with E-state index in [1.807, 2.05) is 0 Å². The monoisotopic (exact) mass is 378 g/mol. The van der Waals surface area contributed by atoms with Crippen LogP contribution in [0.5, 0.6) is 0 Å². The van der Waals surface area contributed by atoms with E-state index in [1.54, 1.807) is 0 Å². The minimum Gasteiger partial charge on any atom is -0.481 e. The van der Waals surface area contributed by atoms with Gasteiger partial charge in [0.15, 0.2) is 0 Å². The third-order valence-corrected chi connectivity index (χ3v) is 9.91. The SMILES string of the molecule is CC(CC(=O)O)C1CCC2C3C(O)CC4CC(O)CCC4(C)C3CCC12C. The second-order valence-electron chi connectivity index (χ2n) is 11.0. The van der Waals surface area contributed by atoms with Crippen LogP contribution in [0.3, 0.4) is 0 Å². The van der Waals surface area contributed by atoms with Crippen molar-refractivity contribution in [3.05, 3.63) is 0 Å². The molecule has 0 aromatic carbocycles. The number of carbonyl (C=O) groups is 1. The van der Waals surface area contributed by atoms with Gasteiger partial charge in [0.2, 0.25) is 0 Å². The normalized spacial score (nSPS) is 53.1. The predicted molar refractivity (Wildman–Crippen MR) is 104 cm³/mol. The Morgan fingerprint density at radius 3 is 2.37 bits per heavy atom. The molecule has 3 N–H and O–H groups in total. The Labute approximate surface area is 163 Å². The molecule has 0 bridgehead atoms. The zero-order valence-corrected chi connectivity index (χ0v) is 17.2. The summed E-state index contributed by atoms with van der Waals surface area (Å²) in [5, 5.41) is 30.7. The molecule has 0 heterocycles. The fraction of sp³-hybridized carbons (Fsp3) is 0.957. The van der Waals surface area contributed by atoms with Crippen molar-refractivity contribution >= 4 is 5.97 Å². The molecule has 10 atom stereocenters. The maximum Gasteiger partial charge on any atom is 0.303 e. The number of carboxylic acid groups (broad SMARTS) is 1. The number of hydrogen-bond donors (Lipinski definition) is 3. The predicted octanol–water partition coefficient (Wildman–Crippen LogP) is 4.09. The molecule has 0 radical (unpaired) electrons. The molecule has 0 amide bonds. The molecule has 4 heteroatoms. The number of carboxylic acids is 1. The van der Waals surface area contributed by atoms with E-state index >= 15 is 0 Å². The number of aliphatic hydroxyl groups is 2. The molecular formula is C23H38O4. The van der Waals surface area contributed by atoms with Gasteiger partial charge in [-0.15, -0.1) is 0 Å². The third kappa shape index (κ3) is 2.97. The molecule has 4 saturated carbocycles. The summed E-state index contributed by atoms with van der Waals surface area (Å²) in [6, 6.07) is 0. The largest absolute Gasteiger partial charge is 0.481 e.